The minimum absolute atomic E-state index is 0.995. The summed E-state index contributed by atoms with van der Waals surface area (Å²) in [5.74, 6) is 0. The van der Waals surface area contributed by atoms with Crippen LogP contribution in [0.15, 0.2) is 18.2 Å². The lowest BCUT2D eigenvalue weighted by Gasteiger charge is -2.01. The largest absolute Gasteiger partial charge is 0.319 e. The van der Waals surface area contributed by atoms with Crippen molar-refractivity contribution in [3.05, 3.63) is 29.5 Å². The number of nitrogens with zero attached hydrogens (tertiary/aromatic N) is 2. The molecule has 1 N–H and O–H groups in total. The molecule has 0 aliphatic carbocycles. The Morgan fingerprint density at radius 1 is 1.40 bits per heavy atom. The quantitative estimate of drug-likeness (QED) is 0.822. The lowest BCUT2D eigenvalue weighted by atomic mass is 10.1. The summed E-state index contributed by atoms with van der Waals surface area (Å²) in [6.07, 6.45) is 1.03. The second-order valence-corrected chi connectivity index (χ2v) is 3.88. The maximum atomic E-state index is 4.55. The molecule has 3 heteroatoms. The van der Waals surface area contributed by atoms with Crippen molar-refractivity contribution in [3.8, 4) is 0 Å². The average molecular weight is 203 g/mol. The highest BCUT2D eigenvalue weighted by Gasteiger charge is 2.07. The van der Waals surface area contributed by atoms with Gasteiger partial charge in [0.1, 0.15) is 0 Å². The number of nitrogens with one attached hydrogen (secondary N) is 1. The molecule has 2 rings (SSSR count). The normalized spacial score (nSPS) is 11.1. The van der Waals surface area contributed by atoms with Gasteiger partial charge in [0.2, 0.25) is 0 Å². The first-order chi connectivity index (χ1) is 7.24. The van der Waals surface area contributed by atoms with Gasteiger partial charge in [-0.25, -0.2) is 0 Å². The van der Waals surface area contributed by atoms with Crippen LogP contribution in [0, 0.1) is 6.92 Å². The van der Waals surface area contributed by atoms with Crippen molar-refractivity contribution < 1.29 is 0 Å². The molecule has 3 nitrogen and oxygen atoms in total. The van der Waals surface area contributed by atoms with E-state index in [4.69, 9.17) is 0 Å². The summed E-state index contributed by atoms with van der Waals surface area (Å²) >= 11 is 0. The van der Waals surface area contributed by atoms with Crippen LogP contribution in [0.2, 0.25) is 0 Å². The predicted molar refractivity (Wildman–Crippen MR) is 63.1 cm³/mol. The van der Waals surface area contributed by atoms with Crippen LogP contribution >= 0.6 is 0 Å². The molecule has 0 saturated heterocycles. The van der Waals surface area contributed by atoms with Crippen LogP contribution in [0.25, 0.3) is 10.9 Å². The lowest BCUT2D eigenvalue weighted by molar-refractivity contribution is 0.746. The van der Waals surface area contributed by atoms with Gasteiger partial charge in [-0.05, 0) is 32.5 Å². The van der Waals surface area contributed by atoms with Crippen LogP contribution in [0.5, 0.6) is 0 Å². The number of rotatable bonds is 3. The van der Waals surface area contributed by atoms with Crippen LogP contribution in [0.3, 0.4) is 0 Å². The maximum Gasteiger partial charge on any atom is 0.0958 e. The summed E-state index contributed by atoms with van der Waals surface area (Å²) in [6.45, 7) is 3.10. The molecule has 1 aromatic carbocycles. The van der Waals surface area contributed by atoms with Gasteiger partial charge in [-0.15, -0.1) is 0 Å². The Labute approximate surface area is 90.1 Å². The monoisotopic (exact) mass is 203 g/mol. The zero-order valence-corrected chi connectivity index (χ0v) is 9.54. The number of fused-ring (bicyclic) bond motifs is 1. The van der Waals surface area contributed by atoms with Gasteiger partial charge in [0.25, 0.3) is 0 Å². The van der Waals surface area contributed by atoms with Crippen LogP contribution in [0.4, 0.5) is 0 Å². The molecule has 0 aliphatic rings. The van der Waals surface area contributed by atoms with Crippen LogP contribution in [-0.2, 0) is 13.5 Å². The van der Waals surface area contributed by atoms with Gasteiger partial charge in [-0.3, -0.25) is 4.68 Å². The average Bonchev–Trinajstić information content (AvgIpc) is 2.53. The topological polar surface area (TPSA) is 29.9 Å². The first-order valence-electron chi connectivity index (χ1n) is 5.30. The van der Waals surface area contributed by atoms with Crippen molar-refractivity contribution in [3.63, 3.8) is 0 Å². The third kappa shape index (κ3) is 1.75. The van der Waals surface area contributed by atoms with Gasteiger partial charge in [0.05, 0.1) is 5.52 Å². The third-order valence-corrected chi connectivity index (χ3v) is 2.89. The molecule has 0 saturated carbocycles. The molecule has 0 bridgehead atoms. The van der Waals surface area contributed by atoms with E-state index < -0.39 is 0 Å². The molecule has 0 radical (unpaired) electrons. The van der Waals surface area contributed by atoms with Gasteiger partial charge in [-0.2, -0.15) is 5.10 Å². The number of hydrogen-bond acceptors (Lipinski definition) is 2. The second kappa shape index (κ2) is 4.03. The molecular weight excluding hydrogens is 186 g/mol. The van der Waals surface area contributed by atoms with E-state index in [9.17, 15) is 0 Å². The van der Waals surface area contributed by atoms with Crippen molar-refractivity contribution >= 4 is 10.9 Å². The number of hydrogen-bond donors (Lipinski definition) is 1. The van der Waals surface area contributed by atoms with Crippen molar-refractivity contribution in [2.45, 2.75) is 13.3 Å². The van der Waals surface area contributed by atoms with Crippen molar-refractivity contribution in [1.82, 2.24) is 15.1 Å². The summed E-state index contributed by atoms with van der Waals surface area (Å²) < 4.78 is 1.95. The highest BCUT2D eigenvalue weighted by atomic mass is 15.3. The Morgan fingerprint density at radius 3 is 2.93 bits per heavy atom. The molecule has 0 amide bonds. The minimum atomic E-state index is 0.995. The van der Waals surface area contributed by atoms with Gasteiger partial charge >= 0.3 is 0 Å². The fraction of sp³-hybridized carbons (Fsp3) is 0.417. The van der Waals surface area contributed by atoms with E-state index in [0.717, 1.165) is 18.5 Å². The molecular formula is C12H17N3. The SMILES string of the molecule is CNCCc1cccc2c(C)n(C)nc12. The first-order valence-corrected chi connectivity index (χ1v) is 5.30. The molecule has 1 aromatic heterocycles. The third-order valence-electron chi connectivity index (χ3n) is 2.89. The van der Waals surface area contributed by atoms with Gasteiger partial charge in [0.15, 0.2) is 0 Å². The number of likely N-dealkylation sites (N-methyl/N-ethyl adjacent to an activating group) is 1. The second-order valence-electron chi connectivity index (χ2n) is 3.88. The Kier molecular flexibility index (Phi) is 2.73. The molecule has 0 fully saturated rings. The van der Waals surface area contributed by atoms with Gasteiger partial charge in [0, 0.05) is 18.1 Å². The van der Waals surface area contributed by atoms with E-state index in [0.29, 0.717) is 0 Å². The van der Waals surface area contributed by atoms with Crippen LogP contribution in [0.1, 0.15) is 11.3 Å². The fourth-order valence-corrected chi connectivity index (χ4v) is 1.86. The highest BCUT2D eigenvalue weighted by molar-refractivity contribution is 5.84. The van der Waals surface area contributed by atoms with Crippen LogP contribution in [-0.4, -0.2) is 23.4 Å². The van der Waals surface area contributed by atoms with Gasteiger partial charge < -0.3 is 5.32 Å². The molecule has 2 aromatic rings. The fourth-order valence-electron chi connectivity index (χ4n) is 1.86. The number of benzene rings is 1. The molecule has 0 aliphatic heterocycles. The first kappa shape index (κ1) is 10.2. The van der Waals surface area contributed by atoms with Gasteiger partial charge in [-0.1, -0.05) is 18.2 Å². The van der Waals surface area contributed by atoms with Crippen LogP contribution < -0.4 is 5.32 Å². The Balaban J connectivity index is 2.51. The van der Waals surface area contributed by atoms with E-state index in [1.54, 1.807) is 0 Å². The summed E-state index contributed by atoms with van der Waals surface area (Å²) in [7, 11) is 3.97. The molecule has 80 valence electrons. The molecule has 0 unspecified atom stereocenters. The predicted octanol–water partition coefficient (Wildman–Crippen LogP) is 1.64. The smallest absolute Gasteiger partial charge is 0.0958 e. The summed E-state index contributed by atoms with van der Waals surface area (Å²) in [5.41, 5.74) is 3.70. The minimum Gasteiger partial charge on any atom is -0.319 e. The Morgan fingerprint density at radius 2 is 2.20 bits per heavy atom. The molecule has 15 heavy (non-hydrogen) atoms. The van der Waals surface area contributed by atoms with E-state index >= 15 is 0 Å². The number of aromatic nitrogens is 2. The Hall–Kier alpha value is -1.35. The van der Waals surface area contributed by atoms with Crippen molar-refractivity contribution in [2.75, 3.05) is 13.6 Å². The lowest BCUT2D eigenvalue weighted by Crippen LogP contribution is -2.10. The molecule has 1 heterocycles. The highest BCUT2D eigenvalue weighted by Crippen LogP contribution is 2.20. The standard InChI is InChI=1S/C12H17N3/c1-9-11-6-4-5-10(7-8-13-2)12(11)14-15(9)3/h4-6,13H,7-8H2,1-3H3. The summed E-state index contributed by atoms with van der Waals surface area (Å²) in [6, 6.07) is 6.41. The van der Waals surface area contributed by atoms with E-state index in [1.165, 1.54) is 16.6 Å². The zero-order chi connectivity index (χ0) is 10.8. The number of aryl methyl sites for hydroxylation is 2. The zero-order valence-electron chi connectivity index (χ0n) is 9.54. The van der Waals surface area contributed by atoms with Crippen molar-refractivity contribution in [2.24, 2.45) is 7.05 Å². The maximum absolute atomic E-state index is 4.55. The molecule has 0 atom stereocenters. The summed E-state index contributed by atoms with van der Waals surface area (Å²) in [5, 5.41) is 8.99. The van der Waals surface area contributed by atoms with E-state index in [-0.39, 0.29) is 0 Å². The van der Waals surface area contributed by atoms with E-state index in [1.807, 2.05) is 18.8 Å². The van der Waals surface area contributed by atoms with Crippen molar-refractivity contribution in [1.29, 1.82) is 0 Å². The van der Waals surface area contributed by atoms with E-state index in [2.05, 4.69) is 35.5 Å². The summed E-state index contributed by atoms with van der Waals surface area (Å²) in [4.78, 5) is 0. The molecule has 0 spiro atoms. The Bertz CT molecular complexity index is 471.